The van der Waals surface area contributed by atoms with E-state index in [9.17, 15) is 14.0 Å². The summed E-state index contributed by atoms with van der Waals surface area (Å²) in [6.07, 6.45) is 8.49. The monoisotopic (exact) mass is 553 g/mol. The smallest absolute Gasteiger partial charge is 0.323 e. The van der Waals surface area contributed by atoms with Crippen molar-refractivity contribution in [3.8, 4) is 5.75 Å². The van der Waals surface area contributed by atoms with Crippen molar-refractivity contribution >= 4 is 51.6 Å². The first-order chi connectivity index (χ1) is 18.9. The quantitative estimate of drug-likeness (QED) is 0.264. The molecule has 2 aliphatic rings. The second kappa shape index (κ2) is 12.0. The van der Waals surface area contributed by atoms with Crippen molar-refractivity contribution in [3.63, 3.8) is 0 Å². The molecule has 0 spiro atoms. The maximum Gasteiger partial charge on any atom is 0.323 e. The lowest BCUT2D eigenvalue weighted by atomic mass is 10.1. The zero-order valence-electron chi connectivity index (χ0n) is 21.5. The first kappa shape index (κ1) is 26.8. The predicted molar refractivity (Wildman–Crippen MR) is 147 cm³/mol. The zero-order chi connectivity index (χ0) is 27.4. The van der Waals surface area contributed by atoms with Gasteiger partial charge in [-0.15, -0.1) is 0 Å². The number of esters is 1. The summed E-state index contributed by atoms with van der Waals surface area (Å²) in [4.78, 5) is 35.6. The molecule has 0 bridgehead atoms. The van der Waals surface area contributed by atoms with Crippen LogP contribution < -0.4 is 15.4 Å². The van der Waals surface area contributed by atoms with E-state index >= 15 is 0 Å². The van der Waals surface area contributed by atoms with Crippen LogP contribution in [0.2, 0.25) is 5.02 Å². The first-order valence-electron chi connectivity index (χ1n) is 12.8. The third-order valence-electron chi connectivity index (χ3n) is 6.79. The molecule has 1 aliphatic heterocycles. The van der Waals surface area contributed by atoms with Crippen LogP contribution in [0.4, 0.5) is 21.6 Å². The molecule has 1 atom stereocenters. The summed E-state index contributed by atoms with van der Waals surface area (Å²) in [5.74, 6) is 0.375. The minimum Gasteiger partial charge on any atom is -0.491 e. The van der Waals surface area contributed by atoms with Gasteiger partial charge in [0.05, 0.1) is 29.9 Å². The molecule has 3 aromatic rings. The molecule has 2 heterocycles. The van der Waals surface area contributed by atoms with Gasteiger partial charge in [0, 0.05) is 29.8 Å². The SMILES string of the molecule is COC(=O)C1CCCN1C/C=C/C(=O)Nc1cc2c(Nc3ccc(F)c(Cl)c3)ncnc2cc1OCC1CC1. The number of hydrogen-bond donors (Lipinski definition) is 2. The minimum absolute atomic E-state index is 0.0132. The van der Waals surface area contributed by atoms with Crippen molar-refractivity contribution in [1.29, 1.82) is 0 Å². The topological polar surface area (TPSA) is 106 Å². The van der Waals surface area contributed by atoms with Crippen molar-refractivity contribution in [2.45, 2.75) is 31.7 Å². The first-order valence-corrected chi connectivity index (χ1v) is 13.2. The molecule has 1 amide bonds. The van der Waals surface area contributed by atoms with Crippen LogP contribution in [0, 0.1) is 11.7 Å². The summed E-state index contributed by atoms with van der Waals surface area (Å²) < 4.78 is 24.6. The third kappa shape index (κ3) is 6.63. The number of halogens is 2. The Balaban J connectivity index is 1.36. The third-order valence-corrected chi connectivity index (χ3v) is 7.08. The zero-order valence-corrected chi connectivity index (χ0v) is 22.2. The minimum atomic E-state index is -0.518. The highest BCUT2D eigenvalue weighted by Crippen LogP contribution is 2.36. The van der Waals surface area contributed by atoms with Gasteiger partial charge < -0.3 is 20.1 Å². The highest BCUT2D eigenvalue weighted by atomic mass is 35.5. The Morgan fingerprint density at radius 3 is 2.82 bits per heavy atom. The number of amides is 1. The van der Waals surface area contributed by atoms with Crippen molar-refractivity contribution < 1.29 is 23.5 Å². The lowest BCUT2D eigenvalue weighted by Crippen LogP contribution is -2.36. The number of hydrogen-bond acceptors (Lipinski definition) is 8. The van der Waals surface area contributed by atoms with Crippen LogP contribution in [0.5, 0.6) is 5.75 Å². The Labute approximate surface area is 230 Å². The lowest BCUT2D eigenvalue weighted by Gasteiger charge is -2.20. The van der Waals surface area contributed by atoms with Crippen molar-refractivity contribution in [2.24, 2.45) is 5.92 Å². The van der Waals surface area contributed by atoms with E-state index in [1.54, 1.807) is 24.3 Å². The highest BCUT2D eigenvalue weighted by Gasteiger charge is 2.30. The number of benzene rings is 2. The van der Waals surface area contributed by atoms with Crippen molar-refractivity contribution in [1.82, 2.24) is 14.9 Å². The maximum absolute atomic E-state index is 13.6. The number of likely N-dealkylation sites (tertiary alicyclic amines) is 1. The standard InChI is InChI=1S/C28H29ClFN5O4/c1-38-28(37)24-4-2-10-35(24)11-3-5-26(36)34-23-13-19-22(14-25(23)39-15-17-6-7-17)31-16-32-27(19)33-18-8-9-21(30)20(29)12-18/h3,5,8-9,12-14,16-17,24H,2,4,6-7,10-11,15H2,1H3,(H,34,36)(H,31,32,33)/b5-3+. The van der Waals surface area contributed by atoms with Gasteiger partial charge in [0.25, 0.3) is 0 Å². The Bertz CT molecular complexity index is 1410. The van der Waals surface area contributed by atoms with E-state index < -0.39 is 5.82 Å². The Kier molecular flexibility index (Phi) is 8.23. The fourth-order valence-corrected chi connectivity index (χ4v) is 4.70. The highest BCUT2D eigenvalue weighted by molar-refractivity contribution is 6.31. The number of rotatable bonds is 10. The van der Waals surface area contributed by atoms with E-state index in [1.165, 1.54) is 31.6 Å². The van der Waals surface area contributed by atoms with E-state index in [4.69, 9.17) is 21.1 Å². The predicted octanol–water partition coefficient (Wildman–Crippen LogP) is 5.09. The normalized spacial score (nSPS) is 17.5. The molecule has 39 heavy (non-hydrogen) atoms. The number of methoxy groups -OCH3 is 1. The number of carbonyl (C=O) groups excluding carboxylic acids is 2. The van der Waals surface area contributed by atoms with Crippen LogP contribution >= 0.6 is 11.6 Å². The summed E-state index contributed by atoms with van der Waals surface area (Å²) >= 11 is 5.94. The average molecular weight is 554 g/mol. The second-order valence-electron chi connectivity index (χ2n) is 9.66. The van der Waals surface area contributed by atoms with Gasteiger partial charge in [0.1, 0.15) is 29.8 Å². The lowest BCUT2D eigenvalue weighted by molar-refractivity contribution is -0.145. The molecule has 1 unspecified atom stereocenters. The van der Waals surface area contributed by atoms with Gasteiger partial charge in [-0.05, 0) is 62.4 Å². The fourth-order valence-electron chi connectivity index (χ4n) is 4.52. The molecular weight excluding hydrogens is 525 g/mol. The number of carbonyl (C=O) groups is 2. The number of aromatic nitrogens is 2. The van der Waals surface area contributed by atoms with E-state index in [-0.39, 0.29) is 22.9 Å². The number of nitrogens with one attached hydrogen (secondary N) is 2. The van der Waals surface area contributed by atoms with Gasteiger partial charge in [0.15, 0.2) is 0 Å². The molecule has 9 nitrogen and oxygen atoms in total. The van der Waals surface area contributed by atoms with Crippen LogP contribution in [0.25, 0.3) is 10.9 Å². The van der Waals surface area contributed by atoms with Gasteiger partial charge in [-0.25, -0.2) is 14.4 Å². The van der Waals surface area contributed by atoms with Crippen LogP contribution in [0.1, 0.15) is 25.7 Å². The number of fused-ring (bicyclic) bond motifs is 1. The number of ether oxygens (including phenoxy) is 2. The van der Waals surface area contributed by atoms with Crippen LogP contribution in [-0.2, 0) is 14.3 Å². The van der Waals surface area contributed by atoms with E-state index in [1.807, 2.05) is 4.90 Å². The molecule has 1 aromatic heterocycles. The summed E-state index contributed by atoms with van der Waals surface area (Å²) in [5.41, 5.74) is 1.64. The van der Waals surface area contributed by atoms with Gasteiger partial charge in [-0.3, -0.25) is 14.5 Å². The molecule has 1 aliphatic carbocycles. The van der Waals surface area contributed by atoms with Gasteiger partial charge >= 0.3 is 5.97 Å². The van der Waals surface area contributed by atoms with E-state index in [0.29, 0.717) is 52.9 Å². The average Bonchev–Trinajstić information content (AvgIpc) is 3.65. The van der Waals surface area contributed by atoms with Gasteiger partial charge in [-0.1, -0.05) is 17.7 Å². The molecule has 204 valence electrons. The summed E-state index contributed by atoms with van der Waals surface area (Å²) in [6, 6.07) is 7.53. The largest absolute Gasteiger partial charge is 0.491 e. The Morgan fingerprint density at radius 2 is 2.05 bits per heavy atom. The summed E-state index contributed by atoms with van der Waals surface area (Å²) in [6.45, 7) is 1.78. The molecule has 1 saturated heterocycles. The molecule has 1 saturated carbocycles. The summed E-state index contributed by atoms with van der Waals surface area (Å²) in [7, 11) is 1.38. The molecule has 2 N–H and O–H groups in total. The van der Waals surface area contributed by atoms with Crippen LogP contribution in [-0.4, -0.2) is 59.6 Å². The number of anilines is 3. The van der Waals surface area contributed by atoms with Crippen LogP contribution in [0.3, 0.4) is 0 Å². The second-order valence-corrected chi connectivity index (χ2v) is 10.1. The molecule has 2 fully saturated rings. The molecule has 5 rings (SSSR count). The molecule has 11 heteroatoms. The van der Waals surface area contributed by atoms with Gasteiger partial charge in [0.2, 0.25) is 5.91 Å². The fraction of sp³-hybridized carbons (Fsp3) is 0.357. The molecule has 0 radical (unpaired) electrons. The Morgan fingerprint density at radius 1 is 1.21 bits per heavy atom. The molecular formula is C28H29ClFN5O4. The Hall–Kier alpha value is -3.76. The molecule has 2 aromatic carbocycles. The van der Waals surface area contributed by atoms with E-state index in [0.717, 1.165) is 32.2 Å². The van der Waals surface area contributed by atoms with Crippen molar-refractivity contribution in [3.05, 3.63) is 59.7 Å². The van der Waals surface area contributed by atoms with Gasteiger partial charge in [-0.2, -0.15) is 0 Å². The number of nitrogens with zero attached hydrogens (tertiary/aromatic N) is 3. The van der Waals surface area contributed by atoms with Crippen LogP contribution in [0.15, 0.2) is 48.8 Å². The van der Waals surface area contributed by atoms with E-state index in [2.05, 4.69) is 20.6 Å². The van der Waals surface area contributed by atoms with Crippen molar-refractivity contribution in [2.75, 3.05) is 37.4 Å². The maximum atomic E-state index is 13.6. The summed E-state index contributed by atoms with van der Waals surface area (Å²) in [5, 5.41) is 6.68.